The van der Waals surface area contributed by atoms with Gasteiger partial charge in [0.05, 0.1) is 13.1 Å². The minimum absolute atomic E-state index is 0.0724. The number of carbonyl (C=O) groups is 3. The molecule has 3 amide bonds. The van der Waals surface area contributed by atoms with Gasteiger partial charge in [0.25, 0.3) is 5.91 Å². The summed E-state index contributed by atoms with van der Waals surface area (Å²) in [6, 6.07) is 17.3. The molecule has 0 aliphatic heterocycles. The minimum Gasteiger partial charge on any atom is -0.352 e. The first kappa shape index (κ1) is 17.7. The van der Waals surface area contributed by atoms with Gasteiger partial charge in [0.1, 0.15) is 0 Å². The number of rotatable bonds is 7. The van der Waals surface area contributed by atoms with E-state index in [9.17, 15) is 14.4 Å². The molecule has 2 aromatic carbocycles. The molecular weight excluding hydrogens is 330 g/mol. The maximum Gasteiger partial charge on any atom is 0.251 e. The Morgan fingerprint density at radius 2 is 1.38 bits per heavy atom. The number of amides is 3. The molecule has 0 atom stereocenters. The van der Waals surface area contributed by atoms with Crippen molar-refractivity contribution in [3.63, 3.8) is 0 Å². The second kappa shape index (κ2) is 8.29. The predicted octanol–water partition coefficient (Wildman–Crippen LogP) is 1.48. The van der Waals surface area contributed by atoms with Crippen molar-refractivity contribution in [2.45, 2.75) is 18.9 Å². The Balaban J connectivity index is 1.44. The van der Waals surface area contributed by atoms with Gasteiger partial charge in [-0.25, -0.2) is 0 Å². The highest BCUT2D eigenvalue weighted by Gasteiger charge is 2.23. The summed E-state index contributed by atoms with van der Waals surface area (Å²) >= 11 is 0. The lowest BCUT2D eigenvalue weighted by Gasteiger charge is -2.08. The first-order valence-corrected chi connectivity index (χ1v) is 8.61. The van der Waals surface area contributed by atoms with Crippen LogP contribution in [0.2, 0.25) is 0 Å². The molecule has 3 rings (SSSR count). The molecule has 0 bridgehead atoms. The van der Waals surface area contributed by atoms with Crippen LogP contribution >= 0.6 is 0 Å². The molecule has 0 unspecified atom stereocenters. The van der Waals surface area contributed by atoms with Gasteiger partial charge in [-0.3, -0.25) is 14.4 Å². The van der Waals surface area contributed by atoms with Crippen molar-refractivity contribution in [3.8, 4) is 11.1 Å². The van der Waals surface area contributed by atoms with Crippen LogP contribution in [0.3, 0.4) is 0 Å². The average molecular weight is 351 g/mol. The van der Waals surface area contributed by atoms with Crippen LogP contribution in [0.15, 0.2) is 54.6 Å². The van der Waals surface area contributed by atoms with E-state index in [4.69, 9.17) is 0 Å². The minimum atomic E-state index is -0.398. The summed E-state index contributed by atoms with van der Waals surface area (Å²) in [5, 5.41) is 7.82. The summed E-state index contributed by atoms with van der Waals surface area (Å²) in [4.78, 5) is 35.3. The van der Waals surface area contributed by atoms with Crippen molar-refractivity contribution in [2.24, 2.45) is 0 Å². The quantitative estimate of drug-likeness (QED) is 0.706. The van der Waals surface area contributed by atoms with E-state index in [-0.39, 0.29) is 30.9 Å². The van der Waals surface area contributed by atoms with Crippen molar-refractivity contribution in [1.29, 1.82) is 0 Å². The lowest BCUT2D eigenvalue weighted by atomic mass is 10.0. The van der Waals surface area contributed by atoms with Gasteiger partial charge in [-0.1, -0.05) is 42.5 Å². The molecule has 6 heteroatoms. The zero-order chi connectivity index (χ0) is 18.4. The van der Waals surface area contributed by atoms with Crippen LogP contribution < -0.4 is 16.0 Å². The van der Waals surface area contributed by atoms with Crippen LogP contribution in [0.5, 0.6) is 0 Å². The topological polar surface area (TPSA) is 87.3 Å². The van der Waals surface area contributed by atoms with Crippen molar-refractivity contribution < 1.29 is 14.4 Å². The molecule has 0 aromatic heterocycles. The van der Waals surface area contributed by atoms with E-state index >= 15 is 0 Å². The molecule has 3 N–H and O–H groups in total. The van der Waals surface area contributed by atoms with Gasteiger partial charge in [-0.05, 0) is 36.1 Å². The van der Waals surface area contributed by atoms with Gasteiger partial charge in [-0.15, -0.1) is 0 Å². The lowest BCUT2D eigenvalue weighted by Crippen LogP contribution is -2.42. The molecule has 2 aromatic rings. The lowest BCUT2D eigenvalue weighted by molar-refractivity contribution is -0.125. The number of benzene rings is 2. The first-order valence-electron chi connectivity index (χ1n) is 8.61. The van der Waals surface area contributed by atoms with Crippen LogP contribution in [-0.4, -0.2) is 36.9 Å². The molecule has 1 aliphatic rings. The maximum absolute atomic E-state index is 12.1. The Morgan fingerprint density at radius 3 is 2.04 bits per heavy atom. The van der Waals surface area contributed by atoms with E-state index in [0.717, 1.165) is 24.0 Å². The fourth-order valence-electron chi connectivity index (χ4n) is 2.46. The van der Waals surface area contributed by atoms with E-state index < -0.39 is 5.91 Å². The number of nitrogens with one attached hydrogen (secondary N) is 3. The number of hydrogen-bond donors (Lipinski definition) is 3. The van der Waals surface area contributed by atoms with Crippen molar-refractivity contribution in [3.05, 3.63) is 60.2 Å². The third-order valence-electron chi connectivity index (χ3n) is 4.05. The standard InChI is InChI=1S/C20H21N3O3/c24-18(21-13-19(25)23-17-10-11-17)12-22-20(26)16-8-6-15(7-9-16)14-4-2-1-3-5-14/h1-9,17H,10-13H2,(H,21,24)(H,22,26)(H,23,25). The van der Waals surface area contributed by atoms with Gasteiger partial charge in [0, 0.05) is 11.6 Å². The van der Waals surface area contributed by atoms with E-state index in [1.807, 2.05) is 42.5 Å². The fraction of sp³-hybridized carbons (Fsp3) is 0.250. The van der Waals surface area contributed by atoms with Crippen LogP contribution in [0.4, 0.5) is 0 Å². The smallest absolute Gasteiger partial charge is 0.251 e. The van der Waals surface area contributed by atoms with Gasteiger partial charge in [0.2, 0.25) is 11.8 Å². The Labute approximate surface area is 152 Å². The molecule has 1 aliphatic carbocycles. The molecule has 0 radical (unpaired) electrons. The largest absolute Gasteiger partial charge is 0.352 e. The molecule has 0 heterocycles. The second-order valence-electron chi connectivity index (χ2n) is 6.24. The summed E-state index contributed by atoms with van der Waals surface area (Å²) in [7, 11) is 0. The molecule has 134 valence electrons. The van der Waals surface area contributed by atoms with Crippen LogP contribution in [-0.2, 0) is 9.59 Å². The molecule has 26 heavy (non-hydrogen) atoms. The van der Waals surface area contributed by atoms with E-state index in [2.05, 4.69) is 16.0 Å². The normalized spacial score (nSPS) is 12.9. The highest BCUT2D eigenvalue weighted by atomic mass is 16.2. The van der Waals surface area contributed by atoms with Crippen molar-refractivity contribution in [1.82, 2.24) is 16.0 Å². The van der Waals surface area contributed by atoms with E-state index in [0.29, 0.717) is 5.56 Å². The molecule has 6 nitrogen and oxygen atoms in total. The summed E-state index contributed by atoms with van der Waals surface area (Å²) in [5.41, 5.74) is 2.56. The average Bonchev–Trinajstić information content (AvgIpc) is 3.49. The zero-order valence-electron chi connectivity index (χ0n) is 14.3. The summed E-state index contributed by atoms with van der Waals surface area (Å²) < 4.78 is 0. The van der Waals surface area contributed by atoms with Gasteiger partial charge >= 0.3 is 0 Å². The molecule has 1 fully saturated rings. The van der Waals surface area contributed by atoms with E-state index in [1.54, 1.807) is 12.1 Å². The van der Waals surface area contributed by atoms with Crippen molar-refractivity contribution >= 4 is 17.7 Å². The Kier molecular flexibility index (Phi) is 5.63. The summed E-state index contributed by atoms with van der Waals surface area (Å²) in [6.45, 7) is -0.243. The zero-order valence-corrected chi connectivity index (χ0v) is 14.3. The third kappa shape index (κ3) is 5.17. The van der Waals surface area contributed by atoms with Gasteiger partial charge in [0.15, 0.2) is 0 Å². The molecular formula is C20H21N3O3. The van der Waals surface area contributed by atoms with Crippen LogP contribution in [0, 0.1) is 0 Å². The van der Waals surface area contributed by atoms with Crippen molar-refractivity contribution in [2.75, 3.05) is 13.1 Å². The number of hydrogen-bond acceptors (Lipinski definition) is 3. The molecule has 0 saturated heterocycles. The third-order valence-corrected chi connectivity index (χ3v) is 4.05. The van der Waals surface area contributed by atoms with Crippen LogP contribution in [0.1, 0.15) is 23.2 Å². The maximum atomic E-state index is 12.1. The monoisotopic (exact) mass is 351 g/mol. The van der Waals surface area contributed by atoms with Crippen LogP contribution in [0.25, 0.3) is 11.1 Å². The summed E-state index contributed by atoms with van der Waals surface area (Å²) in [6.07, 6.45) is 2.00. The van der Waals surface area contributed by atoms with Gasteiger partial charge in [-0.2, -0.15) is 0 Å². The molecule has 1 saturated carbocycles. The Bertz CT molecular complexity index is 784. The van der Waals surface area contributed by atoms with Gasteiger partial charge < -0.3 is 16.0 Å². The summed E-state index contributed by atoms with van der Waals surface area (Å²) in [5.74, 6) is -0.934. The highest BCUT2D eigenvalue weighted by Crippen LogP contribution is 2.19. The number of carbonyl (C=O) groups excluding carboxylic acids is 3. The second-order valence-corrected chi connectivity index (χ2v) is 6.24. The Hall–Kier alpha value is -3.15. The van der Waals surface area contributed by atoms with E-state index in [1.165, 1.54) is 0 Å². The SMILES string of the molecule is O=C(CNC(=O)c1ccc(-c2ccccc2)cc1)NCC(=O)NC1CC1. The predicted molar refractivity (Wildman–Crippen MR) is 98.4 cm³/mol. The molecule has 0 spiro atoms. The Morgan fingerprint density at radius 1 is 0.769 bits per heavy atom. The highest BCUT2D eigenvalue weighted by molar-refractivity contribution is 5.97. The first-order chi connectivity index (χ1) is 12.6. The fourth-order valence-corrected chi connectivity index (χ4v) is 2.46.